The van der Waals surface area contributed by atoms with Crippen molar-refractivity contribution in [2.45, 2.75) is 0 Å². The van der Waals surface area contributed by atoms with Crippen molar-refractivity contribution < 1.29 is 4.42 Å². The molecule has 0 bridgehead atoms. The van der Waals surface area contributed by atoms with Crippen molar-refractivity contribution in [3.8, 4) is 11.3 Å². The van der Waals surface area contributed by atoms with Crippen LogP contribution in [0.2, 0.25) is 0 Å². The molecule has 0 unspecified atom stereocenters. The first-order valence-electron chi connectivity index (χ1n) is 3.79. The fraction of sp³-hybridized carbons (Fsp3) is 0. The molecule has 2 nitrogen and oxygen atoms in total. The lowest BCUT2D eigenvalue weighted by atomic mass is 10.1. The molecule has 0 amide bonds. The van der Waals surface area contributed by atoms with E-state index in [0.717, 1.165) is 15.7 Å². The lowest BCUT2D eigenvalue weighted by Crippen LogP contribution is -1.79. The summed E-state index contributed by atoms with van der Waals surface area (Å²) in [5.41, 5.74) is 1.81. The molecule has 2 aromatic rings. The molecule has 0 aliphatic carbocycles. The highest BCUT2D eigenvalue weighted by Gasteiger charge is 2.05. The van der Waals surface area contributed by atoms with Crippen molar-refractivity contribution in [1.29, 1.82) is 0 Å². The monoisotopic (exact) mass is 236 g/mol. The number of oxazole rings is 1. The van der Waals surface area contributed by atoms with E-state index < -0.39 is 0 Å². The first-order valence-corrected chi connectivity index (χ1v) is 4.58. The molecule has 0 atom stereocenters. The highest BCUT2D eigenvalue weighted by atomic mass is 79.9. The number of hydrogen-bond acceptors (Lipinski definition) is 2. The van der Waals surface area contributed by atoms with E-state index in [4.69, 9.17) is 4.42 Å². The molecule has 3 heteroatoms. The molecule has 2 rings (SSSR count). The molecule has 0 saturated carbocycles. The second-order valence-electron chi connectivity index (χ2n) is 2.63. The zero-order valence-corrected chi connectivity index (χ0v) is 8.41. The minimum atomic E-state index is 0.599. The second-order valence-corrected chi connectivity index (χ2v) is 3.55. The van der Waals surface area contributed by atoms with Crippen molar-refractivity contribution in [3.05, 3.63) is 47.8 Å². The molecule has 13 heavy (non-hydrogen) atoms. The standard InChI is InChI=1S/C10H7BrNO/c1-7-10(12-6-13-7)8-2-4-9(11)5-3-8/h2-6H,1H2. The van der Waals surface area contributed by atoms with E-state index in [1.54, 1.807) is 0 Å². The largest absolute Gasteiger partial charge is 0.448 e. The molecule has 0 fully saturated rings. The topological polar surface area (TPSA) is 26.0 Å². The number of benzene rings is 1. The van der Waals surface area contributed by atoms with Crippen molar-refractivity contribution >= 4 is 15.9 Å². The molecular weight excluding hydrogens is 230 g/mol. The van der Waals surface area contributed by atoms with Gasteiger partial charge >= 0.3 is 0 Å². The first kappa shape index (κ1) is 8.51. The highest BCUT2D eigenvalue weighted by molar-refractivity contribution is 9.10. The van der Waals surface area contributed by atoms with E-state index >= 15 is 0 Å². The van der Waals surface area contributed by atoms with Gasteiger partial charge < -0.3 is 4.42 Å². The van der Waals surface area contributed by atoms with Gasteiger partial charge in [-0.05, 0) is 12.1 Å². The average molecular weight is 237 g/mol. The maximum atomic E-state index is 5.02. The van der Waals surface area contributed by atoms with E-state index in [2.05, 4.69) is 27.8 Å². The summed E-state index contributed by atoms with van der Waals surface area (Å²) in [4.78, 5) is 4.07. The minimum absolute atomic E-state index is 0.599. The smallest absolute Gasteiger partial charge is 0.181 e. The van der Waals surface area contributed by atoms with Crippen LogP contribution in [0.25, 0.3) is 11.3 Å². The van der Waals surface area contributed by atoms with E-state index in [1.165, 1.54) is 6.39 Å². The summed E-state index contributed by atoms with van der Waals surface area (Å²) in [5, 5.41) is 0. The van der Waals surface area contributed by atoms with Gasteiger partial charge in [-0.2, -0.15) is 0 Å². The third kappa shape index (κ3) is 1.65. The molecule has 0 aliphatic heterocycles. The van der Waals surface area contributed by atoms with Crippen LogP contribution in [0, 0.1) is 6.92 Å². The Bertz CT molecular complexity index is 405. The van der Waals surface area contributed by atoms with Gasteiger partial charge in [-0.3, -0.25) is 0 Å². The van der Waals surface area contributed by atoms with Crippen molar-refractivity contribution in [2.75, 3.05) is 0 Å². The van der Waals surface area contributed by atoms with E-state index in [0.29, 0.717) is 5.76 Å². The third-order valence-corrected chi connectivity index (χ3v) is 2.29. The van der Waals surface area contributed by atoms with Gasteiger partial charge in [0.15, 0.2) is 6.39 Å². The Morgan fingerprint density at radius 3 is 2.46 bits per heavy atom. The number of nitrogens with zero attached hydrogens (tertiary/aromatic N) is 1. The summed E-state index contributed by atoms with van der Waals surface area (Å²) in [6, 6.07) is 7.86. The van der Waals surface area contributed by atoms with Crippen LogP contribution < -0.4 is 0 Å². The quantitative estimate of drug-likeness (QED) is 0.760. The van der Waals surface area contributed by atoms with Crippen LogP contribution in [0.3, 0.4) is 0 Å². The number of halogens is 1. The van der Waals surface area contributed by atoms with Crippen LogP contribution in [0.4, 0.5) is 0 Å². The maximum Gasteiger partial charge on any atom is 0.181 e. The predicted molar refractivity (Wildman–Crippen MR) is 54.1 cm³/mol. The van der Waals surface area contributed by atoms with Gasteiger partial charge in [0, 0.05) is 17.0 Å². The fourth-order valence-corrected chi connectivity index (χ4v) is 1.38. The van der Waals surface area contributed by atoms with Crippen molar-refractivity contribution in [1.82, 2.24) is 4.98 Å². The number of aromatic nitrogens is 1. The Morgan fingerprint density at radius 2 is 1.92 bits per heavy atom. The van der Waals surface area contributed by atoms with Gasteiger partial charge in [0.2, 0.25) is 0 Å². The number of hydrogen-bond donors (Lipinski definition) is 0. The average Bonchev–Trinajstić information content (AvgIpc) is 2.53. The third-order valence-electron chi connectivity index (χ3n) is 1.76. The summed E-state index contributed by atoms with van der Waals surface area (Å²) in [6.45, 7) is 3.74. The van der Waals surface area contributed by atoms with Gasteiger partial charge in [-0.25, -0.2) is 4.98 Å². The van der Waals surface area contributed by atoms with Crippen LogP contribution in [0.5, 0.6) is 0 Å². The summed E-state index contributed by atoms with van der Waals surface area (Å²) in [7, 11) is 0. The Kier molecular flexibility index (Phi) is 2.19. The summed E-state index contributed by atoms with van der Waals surface area (Å²) < 4.78 is 6.06. The van der Waals surface area contributed by atoms with Crippen molar-refractivity contribution in [3.63, 3.8) is 0 Å². The molecule has 1 radical (unpaired) electrons. The van der Waals surface area contributed by atoms with Gasteiger partial charge in [0.25, 0.3) is 0 Å². The summed E-state index contributed by atoms with van der Waals surface area (Å²) in [6.07, 6.45) is 1.40. The molecule has 1 heterocycles. The zero-order valence-electron chi connectivity index (χ0n) is 6.83. The van der Waals surface area contributed by atoms with Gasteiger partial charge in [0.05, 0.1) is 0 Å². The van der Waals surface area contributed by atoms with Crippen LogP contribution in [-0.4, -0.2) is 4.98 Å². The van der Waals surface area contributed by atoms with Crippen LogP contribution in [0.15, 0.2) is 39.5 Å². The normalized spacial score (nSPS) is 10.3. The first-order chi connectivity index (χ1) is 6.27. The van der Waals surface area contributed by atoms with Gasteiger partial charge in [-0.15, -0.1) is 0 Å². The Morgan fingerprint density at radius 1 is 1.23 bits per heavy atom. The second kappa shape index (κ2) is 3.34. The van der Waals surface area contributed by atoms with Crippen LogP contribution in [-0.2, 0) is 0 Å². The summed E-state index contributed by atoms with van der Waals surface area (Å²) >= 11 is 3.37. The summed E-state index contributed by atoms with van der Waals surface area (Å²) in [5.74, 6) is 0.599. The Labute approximate surface area is 84.7 Å². The molecule has 1 aromatic heterocycles. The molecule has 0 saturated heterocycles. The molecule has 0 aliphatic rings. The van der Waals surface area contributed by atoms with E-state index in [-0.39, 0.29) is 0 Å². The zero-order chi connectivity index (χ0) is 9.26. The Balaban J connectivity index is 2.47. The molecule has 1 aromatic carbocycles. The van der Waals surface area contributed by atoms with Crippen LogP contribution in [0.1, 0.15) is 5.76 Å². The molecule has 0 N–H and O–H groups in total. The fourth-order valence-electron chi connectivity index (χ4n) is 1.11. The van der Waals surface area contributed by atoms with E-state index in [9.17, 15) is 0 Å². The van der Waals surface area contributed by atoms with Crippen molar-refractivity contribution in [2.24, 2.45) is 0 Å². The number of rotatable bonds is 1. The predicted octanol–water partition coefficient (Wildman–Crippen LogP) is 3.29. The molecule has 0 spiro atoms. The lowest BCUT2D eigenvalue weighted by Gasteiger charge is -1.96. The van der Waals surface area contributed by atoms with Gasteiger partial charge in [-0.1, -0.05) is 28.1 Å². The SMILES string of the molecule is [CH2]c1ocnc1-c1ccc(Br)cc1. The minimum Gasteiger partial charge on any atom is -0.448 e. The maximum absolute atomic E-state index is 5.02. The lowest BCUT2D eigenvalue weighted by molar-refractivity contribution is 0.541. The highest BCUT2D eigenvalue weighted by Crippen LogP contribution is 2.22. The molecular formula is C10H7BrNO. The Hall–Kier alpha value is -1.09. The molecule has 65 valence electrons. The van der Waals surface area contributed by atoms with E-state index in [1.807, 2.05) is 24.3 Å². The van der Waals surface area contributed by atoms with Crippen LogP contribution >= 0.6 is 15.9 Å². The van der Waals surface area contributed by atoms with Gasteiger partial charge in [0.1, 0.15) is 11.5 Å².